The van der Waals surface area contributed by atoms with Gasteiger partial charge in [0.25, 0.3) is 5.91 Å². The van der Waals surface area contributed by atoms with Gasteiger partial charge in [-0.3, -0.25) is 24.0 Å². The molecule has 2 amide bonds. The van der Waals surface area contributed by atoms with Crippen molar-refractivity contribution in [3.05, 3.63) is 71.8 Å². The van der Waals surface area contributed by atoms with Gasteiger partial charge in [-0.15, -0.1) is 0 Å². The van der Waals surface area contributed by atoms with E-state index < -0.39 is 47.1 Å². The number of hydrogen-bond donors (Lipinski definition) is 2. The molecule has 0 spiro atoms. The number of amides is 2. The summed E-state index contributed by atoms with van der Waals surface area (Å²) in [6.07, 6.45) is 2.34. The van der Waals surface area contributed by atoms with Gasteiger partial charge in [0.1, 0.15) is 17.9 Å². The maximum atomic E-state index is 13.9. The fourth-order valence-electron chi connectivity index (χ4n) is 5.61. The highest BCUT2D eigenvalue weighted by Gasteiger charge is 2.42. The number of likely N-dealkylation sites (tertiary alicyclic amines) is 1. The van der Waals surface area contributed by atoms with Crippen LogP contribution in [0.3, 0.4) is 0 Å². The van der Waals surface area contributed by atoms with E-state index in [4.69, 9.17) is 19.3 Å². The molecular weight excluding hydrogens is 632 g/mol. The topological polar surface area (TPSA) is 166 Å². The van der Waals surface area contributed by atoms with Gasteiger partial charge in [-0.1, -0.05) is 50.8 Å². The highest BCUT2D eigenvalue weighted by atomic mass is 16.5. The molecule has 2 aromatic rings. The van der Waals surface area contributed by atoms with E-state index in [1.807, 2.05) is 12.1 Å². The van der Waals surface area contributed by atoms with Crippen LogP contribution < -0.4 is 14.8 Å². The minimum Gasteiger partial charge on any atom is -0.493 e. The summed E-state index contributed by atoms with van der Waals surface area (Å²) in [5.74, 6) is -2.85. The second kappa shape index (κ2) is 18.0. The van der Waals surface area contributed by atoms with Gasteiger partial charge in [-0.2, -0.15) is 0 Å². The highest BCUT2D eigenvalue weighted by molar-refractivity contribution is 6.38. The highest BCUT2D eigenvalue weighted by Crippen LogP contribution is 2.32. The molecule has 0 bridgehead atoms. The number of carboxylic acid groups (broad SMARTS) is 1. The number of rotatable bonds is 18. The molecule has 0 radical (unpaired) electrons. The quantitative estimate of drug-likeness (QED) is 0.133. The van der Waals surface area contributed by atoms with Crippen LogP contribution >= 0.6 is 0 Å². The zero-order valence-electron chi connectivity index (χ0n) is 28.6. The lowest BCUT2D eigenvalue weighted by Gasteiger charge is -2.36. The minimum absolute atomic E-state index is 0.0213. The van der Waals surface area contributed by atoms with Crippen molar-refractivity contribution in [2.45, 2.75) is 77.4 Å². The van der Waals surface area contributed by atoms with Crippen LogP contribution in [0.1, 0.15) is 75.2 Å². The van der Waals surface area contributed by atoms with E-state index in [0.29, 0.717) is 54.7 Å². The molecule has 2 N–H and O–H groups in total. The summed E-state index contributed by atoms with van der Waals surface area (Å²) in [5.41, 5.74) is 0.933. The summed E-state index contributed by atoms with van der Waals surface area (Å²) in [4.78, 5) is 77.1. The van der Waals surface area contributed by atoms with Crippen molar-refractivity contribution in [3.8, 4) is 11.5 Å². The largest absolute Gasteiger partial charge is 0.493 e. The molecule has 49 heavy (non-hydrogen) atoms. The average molecular weight is 679 g/mol. The van der Waals surface area contributed by atoms with Gasteiger partial charge in [0.15, 0.2) is 11.5 Å². The maximum absolute atomic E-state index is 13.9. The number of methoxy groups -OCH3 is 2. The molecular formula is C37H46N2O10. The summed E-state index contributed by atoms with van der Waals surface area (Å²) in [7, 11) is 3.08. The Bertz CT molecular complexity index is 1550. The number of piperidine rings is 1. The van der Waals surface area contributed by atoms with Crippen LogP contribution in [-0.4, -0.2) is 78.7 Å². The number of carboxylic acids is 1. The zero-order chi connectivity index (χ0) is 36.1. The number of Topliss-reactive ketones (excluding diaryl/α,β-unsaturated/α-hetero) is 2. The lowest BCUT2D eigenvalue weighted by molar-refractivity contribution is -0.164. The Morgan fingerprint density at radius 1 is 1.00 bits per heavy atom. The Morgan fingerprint density at radius 2 is 1.73 bits per heavy atom. The first-order valence-electron chi connectivity index (χ1n) is 16.3. The summed E-state index contributed by atoms with van der Waals surface area (Å²) in [5, 5.41) is 11.5. The molecule has 1 aliphatic rings. The Labute approximate surface area is 286 Å². The Morgan fingerprint density at radius 3 is 2.41 bits per heavy atom. The number of aryl methyl sites for hydroxylation is 1. The third kappa shape index (κ3) is 11.0. The Balaban J connectivity index is 1.86. The number of nitrogens with one attached hydrogen (secondary N) is 1. The lowest BCUT2D eigenvalue weighted by Crippen LogP contribution is -2.54. The number of carbonyl (C=O) groups excluding carboxylic acids is 5. The Hall–Kier alpha value is -5.00. The number of hydrogen-bond acceptors (Lipinski definition) is 9. The van der Waals surface area contributed by atoms with Crippen LogP contribution in [0.15, 0.2) is 55.1 Å². The van der Waals surface area contributed by atoms with Crippen molar-refractivity contribution in [3.63, 3.8) is 0 Å². The van der Waals surface area contributed by atoms with Gasteiger partial charge in [0.2, 0.25) is 11.7 Å². The summed E-state index contributed by atoms with van der Waals surface area (Å²) < 4.78 is 16.9. The van der Waals surface area contributed by atoms with E-state index in [1.54, 1.807) is 51.3 Å². The molecule has 0 aliphatic carbocycles. The van der Waals surface area contributed by atoms with Gasteiger partial charge in [-0.25, -0.2) is 4.79 Å². The van der Waals surface area contributed by atoms with Gasteiger partial charge in [0, 0.05) is 25.9 Å². The number of esters is 1. The molecule has 0 aromatic heterocycles. The van der Waals surface area contributed by atoms with E-state index >= 15 is 0 Å². The van der Waals surface area contributed by atoms with E-state index in [0.717, 1.165) is 11.6 Å². The standard InChI is InChI=1S/C37H46N2O10/c1-6-32(41)38-23-37(2,3)34(44)35(45)39-19-8-7-12-28(39)36(46)49-29(16-13-24-14-17-30(47-4)31(22-24)48-5)26-11-9-10-25(20-26)21-27(40)15-18-33(42)43/h6,9-11,14,17,20,22,28-29H,1,7-8,12-13,15-16,18-19,21,23H2,2-5H3,(H,38,41)(H,42,43)/t28-,29+/m0/s1. The first-order valence-corrected chi connectivity index (χ1v) is 16.3. The van der Waals surface area contributed by atoms with Gasteiger partial charge in [-0.05, 0) is 67.0 Å². The second-order valence-corrected chi connectivity index (χ2v) is 12.7. The summed E-state index contributed by atoms with van der Waals surface area (Å²) in [6.45, 7) is 6.62. The minimum atomic E-state index is -1.23. The molecule has 12 heteroatoms. The fourth-order valence-corrected chi connectivity index (χ4v) is 5.61. The van der Waals surface area contributed by atoms with Crippen LogP contribution in [0.25, 0.3) is 0 Å². The molecule has 0 unspecified atom stereocenters. The van der Waals surface area contributed by atoms with Crippen LogP contribution in [0, 0.1) is 5.41 Å². The van der Waals surface area contributed by atoms with E-state index in [-0.39, 0.29) is 38.1 Å². The number of nitrogens with zero attached hydrogens (tertiary/aromatic N) is 1. The normalized spacial score (nSPS) is 15.0. The van der Waals surface area contributed by atoms with Crippen LogP contribution in [0.2, 0.25) is 0 Å². The zero-order valence-corrected chi connectivity index (χ0v) is 28.6. The molecule has 2 atom stereocenters. The first kappa shape index (κ1) is 38.4. The van der Waals surface area contributed by atoms with Crippen LogP contribution in [-0.2, 0) is 46.3 Å². The molecule has 1 aliphatic heterocycles. The smallest absolute Gasteiger partial charge is 0.329 e. The van der Waals surface area contributed by atoms with Crippen molar-refractivity contribution in [1.29, 1.82) is 0 Å². The summed E-state index contributed by atoms with van der Waals surface area (Å²) >= 11 is 0. The van der Waals surface area contributed by atoms with Crippen molar-refractivity contribution >= 4 is 35.3 Å². The molecule has 0 saturated carbocycles. The predicted octanol–water partition coefficient (Wildman–Crippen LogP) is 4.18. The molecule has 264 valence electrons. The maximum Gasteiger partial charge on any atom is 0.329 e. The van der Waals surface area contributed by atoms with E-state index in [2.05, 4.69) is 11.9 Å². The number of benzene rings is 2. The number of aliphatic carboxylic acids is 1. The van der Waals surface area contributed by atoms with Crippen molar-refractivity contribution in [2.24, 2.45) is 5.41 Å². The monoisotopic (exact) mass is 678 g/mol. The van der Waals surface area contributed by atoms with Crippen LogP contribution in [0.4, 0.5) is 0 Å². The van der Waals surface area contributed by atoms with E-state index in [1.165, 1.54) is 12.0 Å². The molecule has 2 aromatic carbocycles. The van der Waals surface area contributed by atoms with Crippen molar-refractivity contribution in [2.75, 3.05) is 27.3 Å². The fraction of sp³-hybridized carbons (Fsp3) is 0.459. The van der Waals surface area contributed by atoms with E-state index in [9.17, 15) is 28.8 Å². The number of ketones is 2. The number of carbonyl (C=O) groups is 6. The molecule has 12 nitrogen and oxygen atoms in total. The van der Waals surface area contributed by atoms with Gasteiger partial charge in [0.05, 0.1) is 26.1 Å². The van der Waals surface area contributed by atoms with Gasteiger partial charge >= 0.3 is 11.9 Å². The SMILES string of the molecule is C=CC(=O)NCC(C)(C)C(=O)C(=O)N1CCCC[C@H]1C(=O)O[C@H](CCc1ccc(OC)c(OC)c1)c1cccc(CC(=O)CCC(=O)O)c1. The second-order valence-electron chi connectivity index (χ2n) is 12.7. The van der Waals surface area contributed by atoms with Gasteiger partial charge < -0.3 is 29.5 Å². The van der Waals surface area contributed by atoms with Crippen molar-refractivity contribution in [1.82, 2.24) is 10.2 Å². The third-order valence-electron chi connectivity index (χ3n) is 8.48. The number of ether oxygens (including phenoxy) is 3. The molecule has 3 rings (SSSR count). The lowest BCUT2D eigenvalue weighted by atomic mass is 9.86. The average Bonchev–Trinajstić information content (AvgIpc) is 3.10. The first-order chi connectivity index (χ1) is 23.3. The predicted molar refractivity (Wildman–Crippen MR) is 180 cm³/mol. The third-order valence-corrected chi connectivity index (χ3v) is 8.48. The van der Waals surface area contributed by atoms with Crippen molar-refractivity contribution < 1.29 is 48.1 Å². The summed E-state index contributed by atoms with van der Waals surface area (Å²) in [6, 6.07) is 11.5. The Kier molecular flexibility index (Phi) is 14.1. The molecule has 1 fully saturated rings. The molecule has 1 saturated heterocycles. The van der Waals surface area contributed by atoms with Crippen LogP contribution in [0.5, 0.6) is 11.5 Å². The molecule has 1 heterocycles.